The number of aliphatic hydroxyl groups is 1. The number of anilines is 1. The lowest BCUT2D eigenvalue weighted by atomic mass is 10.2. The van der Waals surface area contributed by atoms with Gasteiger partial charge in [0, 0.05) is 11.0 Å². The highest BCUT2D eigenvalue weighted by Crippen LogP contribution is 2.30. The molecule has 1 aliphatic heterocycles. The van der Waals surface area contributed by atoms with E-state index in [0.717, 1.165) is 0 Å². The first kappa shape index (κ1) is 20.4. The summed E-state index contributed by atoms with van der Waals surface area (Å²) in [5, 5.41) is 11.9. The van der Waals surface area contributed by atoms with Crippen molar-refractivity contribution in [3.8, 4) is 0 Å². The summed E-state index contributed by atoms with van der Waals surface area (Å²) in [6.45, 7) is 1.35. The van der Waals surface area contributed by atoms with Gasteiger partial charge in [-0.15, -0.1) is 0 Å². The van der Waals surface area contributed by atoms with Crippen LogP contribution in [-0.4, -0.2) is 62.9 Å². The number of halogens is 1. The summed E-state index contributed by atoms with van der Waals surface area (Å²) >= 11 is 3.31. The van der Waals surface area contributed by atoms with Gasteiger partial charge in [0.05, 0.1) is 42.2 Å². The van der Waals surface area contributed by atoms with E-state index in [1.165, 1.54) is 31.1 Å². The summed E-state index contributed by atoms with van der Waals surface area (Å²) in [5.74, 6) is -1.21. The summed E-state index contributed by atoms with van der Waals surface area (Å²) in [4.78, 5) is 25.9. The van der Waals surface area contributed by atoms with Crippen LogP contribution in [0.5, 0.6) is 0 Å². The van der Waals surface area contributed by atoms with E-state index < -0.39 is 21.7 Å². The van der Waals surface area contributed by atoms with Crippen molar-refractivity contribution in [1.82, 2.24) is 4.90 Å². The fourth-order valence-electron chi connectivity index (χ4n) is 2.44. The molecule has 0 atom stereocenters. The molecule has 2 rings (SSSR count). The van der Waals surface area contributed by atoms with Gasteiger partial charge in [-0.05, 0) is 34.1 Å². The topological polar surface area (TPSA) is 113 Å². The average Bonchev–Trinajstić information content (AvgIpc) is 2.92. The molecule has 0 unspecified atom stereocenters. The molecule has 26 heavy (non-hydrogen) atoms. The van der Waals surface area contributed by atoms with Crippen LogP contribution in [0, 0.1) is 0 Å². The molecule has 0 aliphatic carbocycles. The van der Waals surface area contributed by atoms with Crippen molar-refractivity contribution < 1.29 is 27.9 Å². The number of aliphatic hydroxyl groups excluding tert-OH is 1. The van der Waals surface area contributed by atoms with E-state index in [-0.39, 0.29) is 41.6 Å². The van der Waals surface area contributed by atoms with Crippen molar-refractivity contribution in [3.63, 3.8) is 0 Å². The van der Waals surface area contributed by atoms with Crippen LogP contribution in [0.15, 0.2) is 38.8 Å². The molecule has 8 nitrogen and oxygen atoms in total. The molecule has 1 heterocycles. The number of carbonyl (C=O) groups is 2. The fraction of sp³-hybridized carbons (Fsp3) is 0.375. The number of β-amino-alcohol motifs (C(OH)–C–C–N with tert-alkyl or cyclic N) is 1. The van der Waals surface area contributed by atoms with Gasteiger partial charge in [0.25, 0.3) is 5.91 Å². The van der Waals surface area contributed by atoms with E-state index in [9.17, 15) is 18.0 Å². The average molecular weight is 447 g/mol. The molecule has 0 saturated carbocycles. The maximum absolute atomic E-state index is 12.5. The van der Waals surface area contributed by atoms with Crippen molar-refractivity contribution in [3.05, 3.63) is 33.9 Å². The van der Waals surface area contributed by atoms with E-state index in [1.54, 1.807) is 6.07 Å². The molecule has 1 aromatic rings. The standard InChI is InChI=1S/C16H19BrN2O6S/c1-3-26(23,24)10-4-5-12(17)13(8-10)18-14-11(16(22)25-2)9-19(6-7-20)15(14)21/h4-5,8,18,20H,3,6-7,9H2,1-2H3. The third-order valence-corrected chi connectivity index (χ3v) is 6.31. The Morgan fingerprint density at radius 3 is 2.69 bits per heavy atom. The molecule has 0 aromatic heterocycles. The zero-order chi connectivity index (χ0) is 19.5. The largest absolute Gasteiger partial charge is 0.466 e. The van der Waals surface area contributed by atoms with Gasteiger partial charge in [-0.25, -0.2) is 13.2 Å². The Balaban J connectivity index is 2.45. The Labute approximate surface area is 159 Å². The van der Waals surface area contributed by atoms with Gasteiger partial charge in [0.1, 0.15) is 5.70 Å². The number of nitrogens with zero attached hydrogens (tertiary/aromatic N) is 1. The molecule has 0 fully saturated rings. The highest BCUT2D eigenvalue weighted by molar-refractivity contribution is 9.10. The van der Waals surface area contributed by atoms with Gasteiger partial charge in [-0.3, -0.25) is 4.79 Å². The number of carbonyl (C=O) groups excluding carboxylic acids is 2. The monoisotopic (exact) mass is 446 g/mol. The number of nitrogens with one attached hydrogen (secondary N) is 1. The highest BCUT2D eigenvalue weighted by Gasteiger charge is 2.34. The Morgan fingerprint density at radius 2 is 2.12 bits per heavy atom. The van der Waals surface area contributed by atoms with Crippen molar-refractivity contribution in [2.24, 2.45) is 0 Å². The predicted octanol–water partition coefficient (Wildman–Crippen LogP) is 0.916. The molecule has 0 spiro atoms. The van der Waals surface area contributed by atoms with E-state index in [1.807, 2.05) is 0 Å². The van der Waals surface area contributed by atoms with Crippen molar-refractivity contribution in [2.45, 2.75) is 11.8 Å². The minimum atomic E-state index is -3.44. The van der Waals surface area contributed by atoms with Gasteiger partial charge in [-0.1, -0.05) is 6.92 Å². The van der Waals surface area contributed by atoms with Crippen LogP contribution in [0.25, 0.3) is 0 Å². The second-order valence-electron chi connectivity index (χ2n) is 5.47. The molecular formula is C16H19BrN2O6S. The first-order chi connectivity index (χ1) is 12.2. The lowest BCUT2D eigenvalue weighted by Gasteiger charge is -2.15. The predicted molar refractivity (Wildman–Crippen MR) is 98.2 cm³/mol. The van der Waals surface area contributed by atoms with E-state index in [0.29, 0.717) is 10.2 Å². The number of rotatable bonds is 7. The van der Waals surface area contributed by atoms with Crippen LogP contribution in [0.2, 0.25) is 0 Å². The first-order valence-corrected chi connectivity index (χ1v) is 10.2. The molecule has 0 bridgehead atoms. The van der Waals surface area contributed by atoms with Crippen molar-refractivity contribution in [1.29, 1.82) is 0 Å². The molecule has 10 heteroatoms. The molecule has 0 radical (unpaired) electrons. The number of sulfone groups is 1. The Bertz CT molecular complexity index is 865. The summed E-state index contributed by atoms with van der Waals surface area (Å²) in [5.41, 5.74) is 0.439. The minimum absolute atomic E-state index is 0.00102. The Kier molecular flexibility index (Phi) is 6.43. The quantitative estimate of drug-likeness (QED) is 0.598. The summed E-state index contributed by atoms with van der Waals surface area (Å²) in [6, 6.07) is 4.40. The summed E-state index contributed by atoms with van der Waals surface area (Å²) in [6.07, 6.45) is 0. The van der Waals surface area contributed by atoms with Crippen LogP contribution in [0.1, 0.15) is 6.92 Å². The van der Waals surface area contributed by atoms with Crippen LogP contribution in [-0.2, 0) is 24.2 Å². The second kappa shape index (κ2) is 8.19. The fourth-order valence-corrected chi connectivity index (χ4v) is 3.70. The van der Waals surface area contributed by atoms with Crippen LogP contribution < -0.4 is 5.32 Å². The number of methoxy groups -OCH3 is 1. The molecule has 0 saturated heterocycles. The molecule has 2 N–H and O–H groups in total. The van der Waals surface area contributed by atoms with Crippen LogP contribution in [0.3, 0.4) is 0 Å². The third-order valence-electron chi connectivity index (χ3n) is 3.89. The second-order valence-corrected chi connectivity index (χ2v) is 8.60. The summed E-state index contributed by atoms with van der Waals surface area (Å²) < 4.78 is 29.4. The number of hydrogen-bond acceptors (Lipinski definition) is 7. The summed E-state index contributed by atoms with van der Waals surface area (Å²) in [7, 11) is -2.23. The lowest BCUT2D eigenvalue weighted by molar-refractivity contribution is -0.136. The zero-order valence-electron chi connectivity index (χ0n) is 14.3. The molecule has 1 amide bonds. The maximum atomic E-state index is 12.5. The van der Waals surface area contributed by atoms with Gasteiger partial charge >= 0.3 is 5.97 Å². The number of hydrogen-bond donors (Lipinski definition) is 2. The highest BCUT2D eigenvalue weighted by atomic mass is 79.9. The molecule has 142 valence electrons. The first-order valence-electron chi connectivity index (χ1n) is 7.76. The van der Waals surface area contributed by atoms with Gasteiger partial charge < -0.3 is 20.1 Å². The smallest absolute Gasteiger partial charge is 0.337 e. The number of amides is 1. The molecule has 1 aliphatic rings. The van der Waals surface area contributed by atoms with Gasteiger partial charge in [-0.2, -0.15) is 0 Å². The maximum Gasteiger partial charge on any atom is 0.337 e. The third kappa shape index (κ3) is 4.08. The lowest BCUT2D eigenvalue weighted by Crippen LogP contribution is -2.31. The van der Waals surface area contributed by atoms with E-state index >= 15 is 0 Å². The van der Waals surface area contributed by atoms with Gasteiger partial charge in [0.15, 0.2) is 9.84 Å². The van der Waals surface area contributed by atoms with Crippen molar-refractivity contribution >= 4 is 43.3 Å². The van der Waals surface area contributed by atoms with Crippen molar-refractivity contribution in [2.75, 3.05) is 37.9 Å². The van der Waals surface area contributed by atoms with Gasteiger partial charge in [0.2, 0.25) is 0 Å². The van der Waals surface area contributed by atoms with Crippen LogP contribution in [0.4, 0.5) is 5.69 Å². The number of esters is 1. The Morgan fingerprint density at radius 1 is 1.42 bits per heavy atom. The minimum Gasteiger partial charge on any atom is -0.466 e. The van der Waals surface area contributed by atoms with E-state index in [2.05, 4.69) is 21.2 Å². The van der Waals surface area contributed by atoms with Crippen LogP contribution >= 0.6 is 15.9 Å². The molecule has 1 aromatic carbocycles. The SMILES string of the molecule is CCS(=O)(=O)c1ccc(Br)c(NC2=C(C(=O)OC)CN(CCO)C2=O)c1. The van der Waals surface area contributed by atoms with E-state index in [4.69, 9.17) is 9.84 Å². The Hall–Kier alpha value is -1.91. The normalized spacial score (nSPS) is 14.8. The number of benzene rings is 1. The number of ether oxygens (including phenoxy) is 1. The zero-order valence-corrected chi connectivity index (χ0v) is 16.7. The molecular weight excluding hydrogens is 428 g/mol.